The minimum atomic E-state index is -0.763. The predicted octanol–water partition coefficient (Wildman–Crippen LogP) is 5.67. The molecular formula is C25H21N3O5S2. The van der Waals surface area contributed by atoms with Crippen molar-refractivity contribution in [1.82, 2.24) is 5.16 Å². The van der Waals surface area contributed by atoms with E-state index in [1.807, 2.05) is 43.3 Å². The topological polar surface area (TPSA) is 128 Å². The van der Waals surface area contributed by atoms with E-state index in [4.69, 9.17) is 15.0 Å². The second-order valence-electron chi connectivity index (χ2n) is 8.39. The number of carboxylic acid groups (broad SMARTS) is 1. The summed E-state index contributed by atoms with van der Waals surface area (Å²) in [5.41, 5.74) is 7.23. The van der Waals surface area contributed by atoms with Crippen LogP contribution < -0.4 is 11.1 Å². The van der Waals surface area contributed by atoms with Gasteiger partial charge in [0.25, 0.3) is 0 Å². The summed E-state index contributed by atoms with van der Waals surface area (Å²) < 4.78 is 12.7. The van der Waals surface area contributed by atoms with Gasteiger partial charge in [-0.15, -0.1) is 22.7 Å². The number of amides is 1. The number of carboxylic acids is 1. The van der Waals surface area contributed by atoms with Gasteiger partial charge in [0.05, 0.1) is 4.88 Å². The van der Waals surface area contributed by atoms with Crippen molar-refractivity contribution >= 4 is 55.6 Å². The van der Waals surface area contributed by atoms with E-state index in [1.54, 1.807) is 6.92 Å². The van der Waals surface area contributed by atoms with Gasteiger partial charge in [0.1, 0.15) is 17.2 Å². The average Bonchev–Trinajstić information content (AvgIpc) is 3.25. The molecule has 0 spiro atoms. The summed E-state index contributed by atoms with van der Waals surface area (Å²) in [5, 5.41) is 15.8. The van der Waals surface area contributed by atoms with Gasteiger partial charge in [0, 0.05) is 14.3 Å². The number of thiophene rings is 2. The summed E-state index contributed by atoms with van der Waals surface area (Å²) in [6, 6.07) is 11.5. The van der Waals surface area contributed by atoms with Gasteiger partial charge in [-0.2, -0.15) is 0 Å². The number of anilines is 2. The molecule has 3 aromatic heterocycles. The van der Waals surface area contributed by atoms with Crippen LogP contribution in [-0.2, 0) is 14.9 Å². The maximum absolute atomic E-state index is 12.5. The number of aliphatic carboxylic acids is 1. The van der Waals surface area contributed by atoms with Crippen molar-refractivity contribution in [1.29, 1.82) is 0 Å². The van der Waals surface area contributed by atoms with Crippen molar-refractivity contribution in [2.75, 3.05) is 11.1 Å². The maximum atomic E-state index is 12.5. The van der Waals surface area contributed by atoms with Crippen LogP contribution >= 0.6 is 22.7 Å². The molecule has 0 saturated heterocycles. The molecule has 5 rings (SSSR count). The molecule has 4 N–H and O–H groups in total. The summed E-state index contributed by atoms with van der Waals surface area (Å²) >= 11 is 2.96. The van der Waals surface area contributed by atoms with E-state index >= 15 is 0 Å². The third kappa shape index (κ3) is 4.36. The third-order valence-electron chi connectivity index (χ3n) is 5.99. The number of ether oxygens (including phenoxy) is 1. The molecule has 1 fully saturated rings. The van der Waals surface area contributed by atoms with Gasteiger partial charge in [-0.05, 0) is 61.8 Å². The number of rotatable bonds is 5. The van der Waals surface area contributed by atoms with Gasteiger partial charge in [-0.1, -0.05) is 29.4 Å². The second-order valence-corrected chi connectivity index (χ2v) is 10.6. The summed E-state index contributed by atoms with van der Waals surface area (Å²) in [4.78, 5) is 25.7. The molecule has 8 nitrogen and oxygen atoms in total. The fourth-order valence-corrected chi connectivity index (χ4v) is 6.34. The van der Waals surface area contributed by atoms with Crippen molar-refractivity contribution in [2.45, 2.75) is 38.2 Å². The van der Waals surface area contributed by atoms with Crippen molar-refractivity contribution < 1.29 is 24.0 Å². The van der Waals surface area contributed by atoms with Gasteiger partial charge in [0.2, 0.25) is 5.76 Å². The number of aryl methyl sites for hydroxylation is 1. The lowest BCUT2D eigenvalue weighted by Gasteiger charge is -2.15. The molecule has 178 valence electrons. The van der Waals surface area contributed by atoms with Crippen LogP contribution in [0.25, 0.3) is 9.40 Å². The second kappa shape index (κ2) is 8.76. The van der Waals surface area contributed by atoms with Gasteiger partial charge >= 0.3 is 12.1 Å². The molecule has 0 bridgehead atoms. The van der Waals surface area contributed by atoms with Gasteiger partial charge in [-0.25, -0.2) is 4.79 Å². The maximum Gasteiger partial charge on any atom is 0.412 e. The number of fused-ring (bicyclic) bond motifs is 1. The number of hydrogen-bond donors (Lipinski definition) is 3. The molecule has 0 aliphatic heterocycles. The number of nitrogens with two attached hydrogens (primary N) is 1. The Bertz CT molecular complexity index is 1490. The normalized spacial score (nSPS) is 14.7. The molecule has 35 heavy (non-hydrogen) atoms. The predicted molar refractivity (Wildman–Crippen MR) is 135 cm³/mol. The van der Waals surface area contributed by atoms with E-state index in [-0.39, 0.29) is 17.3 Å². The molecule has 3 heterocycles. The highest BCUT2D eigenvalue weighted by Crippen LogP contribution is 2.52. The van der Waals surface area contributed by atoms with Crippen LogP contribution in [0.15, 0.2) is 40.9 Å². The Hall–Kier alpha value is -3.81. The van der Waals surface area contributed by atoms with Crippen LogP contribution in [0.1, 0.15) is 52.5 Å². The smallest absolute Gasteiger partial charge is 0.412 e. The van der Waals surface area contributed by atoms with E-state index in [2.05, 4.69) is 22.3 Å². The molecule has 10 heteroatoms. The largest absolute Gasteiger partial charge is 0.481 e. The lowest BCUT2D eigenvalue weighted by Crippen LogP contribution is -2.17. The Labute approximate surface area is 208 Å². The number of hydrogen-bond acceptors (Lipinski definition) is 8. The van der Waals surface area contributed by atoms with E-state index in [0.717, 1.165) is 30.3 Å². The van der Waals surface area contributed by atoms with Crippen molar-refractivity contribution in [3.05, 3.63) is 63.0 Å². The van der Waals surface area contributed by atoms with Gasteiger partial charge < -0.3 is 20.1 Å². The minimum absolute atomic E-state index is 0.00463. The molecule has 1 amide bonds. The van der Waals surface area contributed by atoms with Gasteiger partial charge in [0.15, 0.2) is 5.82 Å². The molecule has 1 atom stereocenters. The Morgan fingerprint density at radius 2 is 1.97 bits per heavy atom. The molecule has 1 aliphatic rings. The zero-order chi connectivity index (χ0) is 24.7. The summed E-state index contributed by atoms with van der Waals surface area (Å²) in [5.74, 6) is 5.23. The fraction of sp³-hybridized carbons (Fsp3) is 0.240. The van der Waals surface area contributed by atoms with Crippen LogP contribution in [0.4, 0.5) is 16.3 Å². The lowest BCUT2D eigenvalue weighted by atomic mass is 10.1. The number of nitrogen functional groups attached to an aromatic ring is 1. The number of nitrogens with one attached hydrogen (secondary N) is 1. The number of carbonyl (C=O) groups excluding carboxylic acids is 1. The van der Waals surface area contributed by atoms with E-state index in [9.17, 15) is 14.7 Å². The third-order valence-corrected chi connectivity index (χ3v) is 8.41. The molecule has 1 aliphatic carbocycles. The number of benzene rings is 1. The molecule has 0 radical (unpaired) electrons. The van der Waals surface area contributed by atoms with E-state index in [1.165, 1.54) is 22.7 Å². The lowest BCUT2D eigenvalue weighted by molar-refractivity contribution is -0.139. The highest BCUT2D eigenvalue weighted by Gasteiger charge is 2.53. The Kier molecular flexibility index (Phi) is 5.75. The molecule has 1 saturated carbocycles. The first-order chi connectivity index (χ1) is 16.8. The Morgan fingerprint density at radius 1 is 1.23 bits per heavy atom. The molecular weight excluding hydrogens is 486 g/mol. The highest BCUT2D eigenvalue weighted by molar-refractivity contribution is 7.28. The highest BCUT2D eigenvalue weighted by atomic mass is 32.1. The molecule has 1 unspecified atom stereocenters. The molecule has 1 aromatic carbocycles. The standard InChI is InChI=1S/C25H21N3O5S2/c1-13-5-3-4-6-16(13)14(2)32-24(31)27-21-17(33-28-22(21)26)8-7-15-11-18-19(34-15)12-20(35-18)25(9-10-25)23(29)30/h3-6,11-12,14H,9-10H2,1-2H3,(H2,26,28)(H,27,31)(H,29,30). The van der Waals surface area contributed by atoms with Crippen LogP contribution in [0.2, 0.25) is 0 Å². The minimum Gasteiger partial charge on any atom is -0.481 e. The van der Waals surface area contributed by atoms with Crippen LogP contribution in [0.3, 0.4) is 0 Å². The average molecular weight is 508 g/mol. The Balaban J connectivity index is 1.30. The SMILES string of the molecule is Cc1ccccc1C(C)OC(=O)Nc1c(N)noc1C#Cc1cc2sc(C3(C(=O)O)CC3)cc2s1. The zero-order valence-corrected chi connectivity index (χ0v) is 20.5. The number of nitrogens with zero attached hydrogens (tertiary/aromatic N) is 1. The summed E-state index contributed by atoms with van der Waals surface area (Å²) in [6.45, 7) is 3.74. The fourth-order valence-electron chi connectivity index (χ4n) is 3.85. The monoisotopic (exact) mass is 507 g/mol. The zero-order valence-electron chi connectivity index (χ0n) is 18.9. The molecule has 4 aromatic rings. The first kappa shape index (κ1) is 23.0. The van der Waals surface area contributed by atoms with Crippen LogP contribution in [0.5, 0.6) is 0 Å². The van der Waals surface area contributed by atoms with E-state index < -0.39 is 23.6 Å². The van der Waals surface area contributed by atoms with Crippen LogP contribution in [0, 0.1) is 18.8 Å². The van der Waals surface area contributed by atoms with Crippen LogP contribution in [-0.4, -0.2) is 22.3 Å². The van der Waals surface area contributed by atoms with Gasteiger partial charge in [-0.3, -0.25) is 10.1 Å². The van der Waals surface area contributed by atoms with Crippen molar-refractivity contribution in [2.24, 2.45) is 0 Å². The first-order valence-electron chi connectivity index (χ1n) is 10.8. The van der Waals surface area contributed by atoms with Crippen molar-refractivity contribution in [3.63, 3.8) is 0 Å². The quantitative estimate of drug-likeness (QED) is 0.297. The number of aromatic nitrogens is 1. The number of carbonyl (C=O) groups is 2. The Morgan fingerprint density at radius 3 is 2.66 bits per heavy atom. The first-order valence-corrected chi connectivity index (χ1v) is 12.5. The summed E-state index contributed by atoms with van der Waals surface area (Å²) in [7, 11) is 0. The van der Waals surface area contributed by atoms with Crippen molar-refractivity contribution in [3.8, 4) is 11.8 Å². The summed E-state index contributed by atoms with van der Waals surface area (Å²) in [6.07, 6.45) is 0.192. The van der Waals surface area contributed by atoms with E-state index in [0.29, 0.717) is 12.8 Å².